The van der Waals surface area contributed by atoms with Gasteiger partial charge in [0.15, 0.2) is 5.78 Å². The van der Waals surface area contributed by atoms with Crippen LogP contribution in [0, 0.1) is 26.6 Å². The maximum absolute atomic E-state index is 13.4. The molecule has 4 rings (SSSR count). The highest BCUT2D eigenvalue weighted by molar-refractivity contribution is 8.00. The summed E-state index contributed by atoms with van der Waals surface area (Å²) in [5.74, 6) is -0.0999. The SMILES string of the molecule is Cc1cc(C(=O)CSc2ccc(F)cc2)c(C)n1-c1c(C)n(C)n(-c2ccccc2)c1=O. The first-order valence-electron chi connectivity index (χ1n) is 10.2. The van der Waals surface area contributed by atoms with E-state index in [-0.39, 0.29) is 22.9 Å². The smallest absolute Gasteiger partial charge is 0.295 e. The first-order valence-corrected chi connectivity index (χ1v) is 11.2. The maximum Gasteiger partial charge on any atom is 0.295 e. The van der Waals surface area contributed by atoms with Crippen LogP contribution < -0.4 is 5.56 Å². The van der Waals surface area contributed by atoms with Crippen LogP contribution in [0.5, 0.6) is 0 Å². The molecule has 0 aliphatic heterocycles. The van der Waals surface area contributed by atoms with E-state index in [2.05, 4.69) is 0 Å². The zero-order valence-electron chi connectivity index (χ0n) is 18.4. The summed E-state index contributed by atoms with van der Waals surface area (Å²) in [6, 6.07) is 17.4. The van der Waals surface area contributed by atoms with E-state index in [1.165, 1.54) is 23.9 Å². The Hall–Kier alpha value is -3.32. The zero-order valence-corrected chi connectivity index (χ0v) is 19.2. The predicted molar refractivity (Wildman–Crippen MR) is 126 cm³/mol. The number of halogens is 1. The molecule has 2 heterocycles. The molecule has 4 aromatic rings. The molecule has 0 aliphatic carbocycles. The molecule has 0 radical (unpaired) electrons. The number of nitrogens with zero attached hydrogens (tertiary/aromatic N) is 3. The first kappa shape index (κ1) is 21.9. The summed E-state index contributed by atoms with van der Waals surface area (Å²) in [6.45, 7) is 5.66. The van der Waals surface area contributed by atoms with E-state index in [9.17, 15) is 14.0 Å². The third-order valence-electron chi connectivity index (χ3n) is 5.66. The molecule has 0 atom stereocenters. The van der Waals surface area contributed by atoms with Crippen molar-refractivity contribution in [2.75, 3.05) is 5.75 Å². The van der Waals surface area contributed by atoms with Crippen LogP contribution in [0.15, 0.2) is 70.4 Å². The number of hydrogen-bond donors (Lipinski definition) is 0. The highest BCUT2D eigenvalue weighted by Crippen LogP contribution is 2.25. The minimum absolute atomic E-state index is 0.0318. The Kier molecular flexibility index (Phi) is 5.93. The Morgan fingerprint density at radius 1 is 0.969 bits per heavy atom. The van der Waals surface area contributed by atoms with Crippen LogP contribution in [0.1, 0.15) is 27.4 Å². The molecule has 0 aliphatic rings. The number of thioether (sulfide) groups is 1. The fraction of sp³-hybridized carbons (Fsp3) is 0.200. The molecular weight excluding hydrogens is 425 g/mol. The summed E-state index contributed by atoms with van der Waals surface area (Å²) in [4.78, 5) is 27.2. The van der Waals surface area contributed by atoms with E-state index >= 15 is 0 Å². The molecule has 2 aromatic carbocycles. The molecule has 0 unspecified atom stereocenters. The second kappa shape index (κ2) is 8.67. The highest BCUT2D eigenvalue weighted by Gasteiger charge is 2.23. The maximum atomic E-state index is 13.4. The van der Waals surface area contributed by atoms with Crippen molar-refractivity contribution < 1.29 is 9.18 Å². The lowest BCUT2D eigenvalue weighted by Crippen LogP contribution is -2.22. The summed E-state index contributed by atoms with van der Waals surface area (Å²) in [7, 11) is 1.85. The third kappa shape index (κ3) is 3.84. The van der Waals surface area contributed by atoms with Crippen molar-refractivity contribution in [3.63, 3.8) is 0 Å². The Morgan fingerprint density at radius 2 is 1.62 bits per heavy atom. The summed E-state index contributed by atoms with van der Waals surface area (Å²) < 4.78 is 18.4. The second-order valence-electron chi connectivity index (χ2n) is 7.70. The van der Waals surface area contributed by atoms with Gasteiger partial charge in [0.1, 0.15) is 11.5 Å². The molecule has 0 spiro atoms. The Bertz CT molecular complexity index is 1350. The normalized spacial score (nSPS) is 11.2. The van der Waals surface area contributed by atoms with Crippen molar-refractivity contribution in [2.24, 2.45) is 7.05 Å². The van der Waals surface area contributed by atoms with E-state index in [0.29, 0.717) is 11.3 Å². The molecule has 7 heteroatoms. The van der Waals surface area contributed by atoms with Gasteiger partial charge in [-0.1, -0.05) is 18.2 Å². The van der Waals surface area contributed by atoms with Gasteiger partial charge in [-0.25, -0.2) is 9.07 Å². The average Bonchev–Trinajstić information content (AvgIpc) is 3.19. The van der Waals surface area contributed by atoms with Gasteiger partial charge in [-0.05, 0) is 63.2 Å². The van der Waals surface area contributed by atoms with Crippen LogP contribution in [0.2, 0.25) is 0 Å². The summed E-state index contributed by atoms with van der Waals surface area (Å²) in [6.07, 6.45) is 0. The number of hydrogen-bond acceptors (Lipinski definition) is 3. The van der Waals surface area contributed by atoms with E-state index in [0.717, 1.165) is 27.7 Å². The van der Waals surface area contributed by atoms with Crippen LogP contribution in [0.4, 0.5) is 4.39 Å². The van der Waals surface area contributed by atoms with Gasteiger partial charge in [0.05, 0.1) is 17.1 Å². The average molecular weight is 450 g/mol. The zero-order chi connectivity index (χ0) is 23.0. The fourth-order valence-corrected chi connectivity index (χ4v) is 4.74. The van der Waals surface area contributed by atoms with Gasteiger partial charge in [-0.15, -0.1) is 11.8 Å². The summed E-state index contributed by atoms with van der Waals surface area (Å²) >= 11 is 1.37. The number of aryl methyl sites for hydroxylation is 1. The lowest BCUT2D eigenvalue weighted by molar-refractivity contribution is 0.102. The van der Waals surface area contributed by atoms with Crippen molar-refractivity contribution >= 4 is 17.5 Å². The molecule has 0 saturated heterocycles. The van der Waals surface area contributed by atoms with Crippen molar-refractivity contribution in [1.29, 1.82) is 0 Å². The largest absolute Gasteiger partial charge is 0.311 e. The molecule has 0 N–H and O–H groups in total. The van der Waals surface area contributed by atoms with Crippen molar-refractivity contribution in [1.82, 2.24) is 13.9 Å². The quantitative estimate of drug-likeness (QED) is 0.307. The van der Waals surface area contributed by atoms with Crippen molar-refractivity contribution in [2.45, 2.75) is 25.7 Å². The fourth-order valence-electron chi connectivity index (χ4n) is 3.96. The number of carbonyl (C=O) groups is 1. The molecule has 0 bridgehead atoms. The van der Waals surface area contributed by atoms with E-state index in [1.807, 2.05) is 73.5 Å². The lowest BCUT2D eigenvalue weighted by Gasteiger charge is -2.08. The van der Waals surface area contributed by atoms with Gasteiger partial charge in [-0.2, -0.15) is 0 Å². The number of aromatic nitrogens is 3. The molecule has 0 fully saturated rings. The number of ketones is 1. The number of Topliss-reactive ketones (excluding diaryl/α,β-unsaturated/α-hetero) is 1. The second-order valence-corrected chi connectivity index (χ2v) is 8.74. The van der Waals surface area contributed by atoms with Crippen molar-refractivity contribution in [3.05, 3.63) is 99.5 Å². The molecule has 5 nitrogen and oxygen atoms in total. The number of rotatable bonds is 6. The Morgan fingerprint density at radius 3 is 2.28 bits per heavy atom. The van der Waals surface area contributed by atoms with Gasteiger partial charge >= 0.3 is 0 Å². The number of benzene rings is 2. The van der Waals surface area contributed by atoms with E-state index in [1.54, 1.807) is 16.8 Å². The number of para-hydroxylation sites is 1. The molecule has 0 amide bonds. The van der Waals surface area contributed by atoms with Gasteiger partial charge in [0.2, 0.25) is 0 Å². The Balaban J connectivity index is 1.70. The number of carbonyl (C=O) groups excluding carboxylic acids is 1. The van der Waals surface area contributed by atoms with Crippen LogP contribution >= 0.6 is 11.8 Å². The minimum atomic E-state index is -0.302. The minimum Gasteiger partial charge on any atom is -0.311 e. The first-order chi connectivity index (χ1) is 15.3. The van der Waals surface area contributed by atoms with Crippen LogP contribution in [-0.2, 0) is 7.05 Å². The monoisotopic (exact) mass is 449 g/mol. The molecular formula is C25H24FN3O2S. The topological polar surface area (TPSA) is 48.9 Å². The van der Waals surface area contributed by atoms with Gasteiger partial charge in [0, 0.05) is 28.9 Å². The molecule has 32 heavy (non-hydrogen) atoms. The summed E-state index contributed by atoms with van der Waals surface area (Å²) in [5, 5.41) is 0. The van der Waals surface area contributed by atoms with Crippen LogP contribution in [0.3, 0.4) is 0 Å². The van der Waals surface area contributed by atoms with E-state index < -0.39 is 0 Å². The highest BCUT2D eigenvalue weighted by atomic mass is 32.2. The Labute approximate surface area is 190 Å². The van der Waals surface area contributed by atoms with Gasteiger partial charge in [-0.3, -0.25) is 14.3 Å². The van der Waals surface area contributed by atoms with Crippen molar-refractivity contribution in [3.8, 4) is 11.4 Å². The van der Waals surface area contributed by atoms with Gasteiger partial charge in [0.25, 0.3) is 5.56 Å². The molecule has 2 aromatic heterocycles. The predicted octanol–water partition coefficient (Wildman–Crippen LogP) is 5.01. The standard InChI is InChI=1S/C25H24FN3O2S/c1-16-14-22(23(30)15-32-21-12-10-19(26)11-13-21)17(2)28(16)24-18(3)27(4)29(25(24)31)20-8-6-5-7-9-20/h5-14H,15H2,1-4H3. The van der Waals surface area contributed by atoms with E-state index in [4.69, 9.17) is 0 Å². The third-order valence-corrected chi connectivity index (χ3v) is 6.67. The molecule has 164 valence electrons. The molecule has 0 saturated carbocycles. The van der Waals surface area contributed by atoms with Crippen LogP contribution in [0.25, 0.3) is 11.4 Å². The van der Waals surface area contributed by atoms with Gasteiger partial charge < -0.3 is 4.57 Å². The lowest BCUT2D eigenvalue weighted by atomic mass is 10.2. The summed E-state index contributed by atoms with van der Waals surface area (Å²) in [5.41, 5.74) is 4.13. The van der Waals surface area contributed by atoms with Crippen LogP contribution in [-0.4, -0.2) is 25.5 Å².